The van der Waals surface area contributed by atoms with Crippen molar-refractivity contribution >= 4 is 34.0 Å². The van der Waals surface area contributed by atoms with Crippen LogP contribution in [-0.4, -0.2) is 22.8 Å². The van der Waals surface area contributed by atoms with Gasteiger partial charge in [0.2, 0.25) is 0 Å². The average molecular weight is 305 g/mol. The molecule has 0 bridgehead atoms. The Kier molecular flexibility index (Phi) is 4.22. The van der Waals surface area contributed by atoms with Crippen molar-refractivity contribution in [3.05, 3.63) is 30.2 Å². The summed E-state index contributed by atoms with van der Waals surface area (Å²) < 4.78 is 49.8. The van der Waals surface area contributed by atoms with Gasteiger partial charge in [-0.05, 0) is 30.0 Å². The van der Waals surface area contributed by atoms with E-state index in [0.717, 1.165) is 6.07 Å². The number of anilines is 2. The van der Waals surface area contributed by atoms with E-state index in [9.17, 15) is 17.6 Å². The SMILES string of the molecule is Nc1cc(F)c(NCCSC(F)(F)F)c2ncccc12. The number of fused-ring (bicyclic) bond motifs is 1. The number of thioether (sulfide) groups is 1. The lowest BCUT2D eigenvalue weighted by molar-refractivity contribution is -0.0327. The summed E-state index contributed by atoms with van der Waals surface area (Å²) in [5.41, 5.74) is 2.00. The number of alkyl halides is 3. The van der Waals surface area contributed by atoms with E-state index in [1.807, 2.05) is 0 Å². The Balaban J connectivity index is 2.18. The summed E-state index contributed by atoms with van der Waals surface area (Å²) in [5, 5.41) is 3.20. The second-order valence-electron chi connectivity index (χ2n) is 3.94. The number of nitrogen functional groups attached to an aromatic ring is 1. The number of nitrogens with two attached hydrogens (primary N) is 1. The van der Waals surface area contributed by atoms with Crippen molar-refractivity contribution in [3.63, 3.8) is 0 Å². The van der Waals surface area contributed by atoms with Gasteiger partial charge in [-0.25, -0.2) is 4.39 Å². The van der Waals surface area contributed by atoms with E-state index < -0.39 is 11.3 Å². The van der Waals surface area contributed by atoms with Gasteiger partial charge in [0.15, 0.2) is 5.82 Å². The predicted molar refractivity (Wildman–Crippen MR) is 73.1 cm³/mol. The molecule has 0 atom stereocenters. The van der Waals surface area contributed by atoms with Gasteiger partial charge in [0.1, 0.15) is 0 Å². The molecule has 0 spiro atoms. The van der Waals surface area contributed by atoms with Crippen LogP contribution in [0.3, 0.4) is 0 Å². The lowest BCUT2D eigenvalue weighted by atomic mass is 10.1. The third-order valence-electron chi connectivity index (χ3n) is 2.55. The van der Waals surface area contributed by atoms with Gasteiger partial charge < -0.3 is 11.1 Å². The maximum atomic E-state index is 13.8. The summed E-state index contributed by atoms with van der Waals surface area (Å²) in [6.45, 7) is -0.0311. The first-order valence-corrected chi connectivity index (χ1v) is 6.64. The number of rotatable bonds is 4. The Hall–Kier alpha value is -1.70. The molecule has 0 fully saturated rings. The molecule has 0 amide bonds. The van der Waals surface area contributed by atoms with Crippen LogP contribution in [0.2, 0.25) is 0 Å². The molecule has 0 aliphatic carbocycles. The zero-order chi connectivity index (χ0) is 14.8. The van der Waals surface area contributed by atoms with Gasteiger partial charge in [0, 0.05) is 29.6 Å². The van der Waals surface area contributed by atoms with Crippen LogP contribution in [0, 0.1) is 5.82 Å². The van der Waals surface area contributed by atoms with Gasteiger partial charge in [0.25, 0.3) is 0 Å². The lowest BCUT2D eigenvalue weighted by Gasteiger charge is -2.12. The number of benzene rings is 1. The highest BCUT2D eigenvalue weighted by Crippen LogP contribution is 2.31. The Morgan fingerprint density at radius 3 is 2.80 bits per heavy atom. The van der Waals surface area contributed by atoms with Gasteiger partial charge in [-0.15, -0.1) is 0 Å². The molecule has 20 heavy (non-hydrogen) atoms. The summed E-state index contributed by atoms with van der Waals surface area (Å²) in [4.78, 5) is 4.02. The molecule has 1 aromatic carbocycles. The fourth-order valence-corrected chi connectivity index (χ4v) is 2.18. The Morgan fingerprint density at radius 1 is 1.35 bits per heavy atom. The molecule has 3 nitrogen and oxygen atoms in total. The second kappa shape index (κ2) is 5.74. The molecule has 0 saturated heterocycles. The Labute approximate surface area is 116 Å². The minimum Gasteiger partial charge on any atom is -0.398 e. The lowest BCUT2D eigenvalue weighted by Crippen LogP contribution is -2.11. The summed E-state index contributed by atoms with van der Waals surface area (Å²) in [7, 11) is 0. The summed E-state index contributed by atoms with van der Waals surface area (Å²) in [6, 6.07) is 4.45. The first-order chi connectivity index (χ1) is 9.38. The van der Waals surface area contributed by atoms with Crippen molar-refractivity contribution in [2.75, 3.05) is 23.3 Å². The molecule has 1 heterocycles. The van der Waals surface area contributed by atoms with Gasteiger partial charge >= 0.3 is 5.51 Å². The van der Waals surface area contributed by atoms with E-state index in [1.165, 1.54) is 6.20 Å². The number of halogens is 4. The normalized spacial score (nSPS) is 11.8. The van der Waals surface area contributed by atoms with Crippen LogP contribution in [0.15, 0.2) is 24.4 Å². The van der Waals surface area contributed by atoms with Crippen molar-refractivity contribution in [1.29, 1.82) is 0 Å². The zero-order valence-electron chi connectivity index (χ0n) is 10.2. The van der Waals surface area contributed by atoms with E-state index >= 15 is 0 Å². The molecule has 0 aliphatic rings. The minimum atomic E-state index is -4.29. The molecule has 3 N–H and O–H groups in total. The molecule has 0 aliphatic heterocycles. The topological polar surface area (TPSA) is 50.9 Å². The summed E-state index contributed by atoms with van der Waals surface area (Å²) in [5.74, 6) is -0.854. The second-order valence-corrected chi connectivity index (χ2v) is 5.10. The van der Waals surface area contributed by atoms with Crippen LogP contribution in [0.1, 0.15) is 0 Å². The highest BCUT2D eigenvalue weighted by Gasteiger charge is 2.27. The molecule has 108 valence electrons. The molecular formula is C12H11F4N3S. The highest BCUT2D eigenvalue weighted by atomic mass is 32.2. The molecule has 0 unspecified atom stereocenters. The number of nitrogens with zero attached hydrogens (tertiary/aromatic N) is 1. The number of aromatic nitrogens is 1. The molecule has 2 aromatic rings. The maximum Gasteiger partial charge on any atom is 0.441 e. The standard InChI is InChI=1S/C12H11F4N3S/c13-8-6-9(17)7-2-1-3-18-10(7)11(8)19-4-5-20-12(14,15)16/h1-3,6,19H,4-5,17H2. The van der Waals surface area contributed by atoms with Crippen LogP contribution in [0.25, 0.3) is 10.9 Å². The fourth-order valence-electron chi connectivity index (χ4n) is 1.75. The van der Waals surface area contributed by atoms with E-state index in [1.54, 1.807) is 12.1 Å². The predicted octanol–water partition coefficient (Wildman–Crippen LogP) is 3.62. The molecule has 1 aromatic heterocycles. The van der Waals surface area contributed by atoms with E-state index in [-0.39, 0.29) is 35.4 Å². The fraction of sp³-hybridized carbons (Fsp3) is 0.250. The molecule has 0 saturated carbocycles. The van der Waals surface area contributed by atoms with Crippen LogP contribution in [0.4, 0.5) is 28.9 Å². The van der Waals surface area contributed by atoms with Crippen molar-refractivity contribution in [1.82, 2.24) is 4.98 Å². The van der Waals surface area contributed by atoms with Crippen LogP contribution >= 0.6 is 11.8 Å². The van der Waals surface area contributed by atoms with Crippen molar-refractivity contribution in [2.24, 2.45) is 0 Å². The van der Waals surface area contributed by atoms with Gasteiger partial charge in [-0.1, -0.05) is 0 Å². The van der Waals surface area contributed by atoms with Gasteiger partial charge in [-0.2, -0.15) is 13.2 Å². The van der Waals surface area contributed by atoms with Crippen molar-refractivity contribution < 1.29 is 17.6 Å². The smallest absolute Gasteiger partial charge is 0.398 e. The van der Waals surface area contributed by atoms with Crippen LogP contribution in [0.5, 0.6) is 0 Å². The first kappa shape index (κ1) is 14.7. The van der Waals surface area contributed by atoms with Gasteiger partial charge in [0.05, 0.1) is 11.2 Å². The molecular weight excluding hydrogens is 294 g/mol. The van der Waals surface area contributed by atoms with Crippen LogP contribution < -0.4 is 11.1 Å². The number of nitrogens with one attached hydrogen (secondary N) is 1. The average Bonchev–Trinajstić information content (AvgIpc) is 2.36. The van der Waals surface area contributed by atoms with Crippen molar-refractivity contribution in [3.8, 4) is 0 Å². The summed E-state index contributed by atoms with van der Waals surface area (Å²) >= 11 is -0.163. The molecule has 8 heteroatoms. The number of hydrogen-bond acceptors (Lipinski definition) is 4. The van der Waals surface area contributed by atoms with Crippen LogP contribution in [-0.2, 0) is 0 Å². The summed E-state index contributed by atoms with van der Waals surface area (Å²) in [6.07, 6.45) is 1.47. The molecule has 0 radical (unpaired) electrons. The Morgan fingerprint density at radius 2 is 2.10 bits per heavy atom. The van der Waals surface area contributed by atoms with Crippen molar-refractivity contribution in [2.45, 2.75) is 5.51 Å². The van der Waals surface area contributed by atoms with E-state index in [4.69, 9.17) is 5.73 Å². The largest absolute Gasteiger partial charge is 0.441 e. The minimum absolute atomic E-state index is 0.0311. The third kappa shape index (κ3) is 3.44. The number of hydrogen-bond donors (Lipinski definition) is 2. The van der Waals surface area contributed by atoms with E-state index in [0.29, 0.717) is 10.9 Å². The Bertz CT molecular complexity index is 615. The monoisotopic (exact) mass is 305 g/mol. The highest BCUT2D eigenvalue weighted by molar-refractivity contribution is 8.00. The van der Waals surface area contributed by atoms with E-state index in [2.05, 4.69) is 10.3 Å². The maximum absolute atomic E-state index is 13.8. The third-order valence-corrected chi connectivity index (χ3v) is 3.28. The van der Waals surface area contributed by atoms with Gasteiger partial charge in [-0.3, -0.25) is 4.98 Å². The zero-order valence-corrected chi connectivity index (χ0v) is 11.0. The quantitative estimate of drug-likeness (QED) is 0.514. The number of pyridine rings is 1. The molecule has 2 rings (SSSR count). The first-order valence-electron chi connectivity index (χ1n) is 5.66.